The summed E-state index contributed by atoms with van der Waals surface area (Å²) in [4.78, 5) is 0. The van der Waals surface area contributed by atoms with Gasteiger partial charge in [0.2, 0.25) is 0 Å². The first kappa shape index (κ1) is 13.2. The predicted molar refractivity (Wildman–Crippen MR) is 83.2 cm³/mol. The van der Waals surface area contributed by atoms with E-state index in [0.29, 0.717) is 5.02 Å². The van der Waals surface area contributed by atoms with Crippen LogP contribution < -0.4 is 5.73 Å². The largest absolute Gasteiger partial charge is 0.459 e. The Morgan fingerprint density at radius 1 is 1.10 bits per heavy atom. The highest BCUT2D eigenvalue weighted by Gasteiger charge is 2.19. The van der Waals surface area contributed by atoms with Gasteiger partial charge in [-0.15, -0.1) is 0 Å². The van der Waals surface area contributed by atoms with Gasteiger partial charge in [-0.3, -0.25) is 0 Å². The molecule has 2 N–H and O–H groups in total. The maximum absolute atomic E-state index is 6.39. The van der Waals surface area contributed by atoms with Gasteiger partial charge in [-0.1, -0.05) is 35.9 Å². The lowest BCUT2D eigenvalue weighted by Crippen LogP contribution is -2.13. The quantitative estimate of drug-likeness (QED) is 0.738. The lowest BCUT2D eigenvalue weighted by molar-refractivity contribution is 0.520. The lowest BCUT2D eigenvalue weighted by Gasteiger charge is -2.13. The fourth-order valence-electron chi connectivity index (χ4n) is 2.59. The average Bonchev–Trinajstić information content (AvgIpc) is 2.76. The zero-order valence-electron chi connectivity index (χ0n) is 11.5. The van der Waals surface area contributed by atoms with Crippen LogP contribution in [0.3, 0.4) is 0 Å². The monoisotopic (exact) mass is 285 g/mol. The van der Waals surface area contributed by atoms with Gasteiger partial charge in [0.05, 0.1) is 6.04 Å². The summed E-state index contributed by atoms with van der Waals surface area (Å²) in [6.07, 6.45) is 0. The molecular formula is C17H16ClNO. The molecule has 102 valence electrons. The van der Waals surface area contributed by atoms with Crippen LogP contribution in [0.1, 0.15) is 28.5 Å². The Labute approximate surface area is 123 Å². The van der Waals surface area contributed by atoms with Crippen LogP contribution in [0.5, 0.6) is 0 Å². The molecule has 1 heterocycles. The van der Waals surface area contributed by atoms with Crippen LogP contribution in [0.15, 0.2) is 46.9 Å². The number of benzene rings is 2. The molecule has 0 amide bonds. The third-order valence-corrected chi connectivity index (χ3v) is 3.98. The van der Waals surface area contributed by atoms with Gasteiger partial charge < -0.3 is 10.2 Å². The average molecular weight is 286 g/mol. The van der Waals surface area contributed by atoms with Gasteiger partial charge in [0, 0.05) is 16.0 Å². The van der Waals surface area contributed by atoms with Gasteiger partial charge >= 0.3 is 0 Å². The zero-order chi connectivity index (χ0) is 14.3. The number of nitrogens with two attached hydrogens (primary N) is 1. The highest BCUT2D eigenvalue weighted by molar-refractivity contribution is 6.31. The summed E-state index contributed by atoms with van der Waals surface area (Å²) in [5, 5.41) is 1.73. The predicted octanol–water partition coefficient (Wildman–Crippen LogP) is 4.75. The molecule has 2 aromatic carbocycles. The van der Waals surface area contributed by atoms with Crippen molar-refractivity contribution < 1.29 is 4.42 Å². The van der Waals surface area contributed by atoms with Crippen LogP contribution in [-0.4, -0.2) is 0 Å². The van der Waals surface area contributed by atoms with Crippen LogP contribution in [0, 0.1) is 13.8 Å². The second-order valence-corrected chi connectivity index (χ2v) is 5.50. The van der Waals surface area contributed by atoms with Crippen molar-refractivity contribution in [2.24, 2.45) is 5.73 Å². The van der Waals surface area contributed by atoms with E-state index in [9.17, 15) is 0 Å². The minimum absolute atomic E-state index is 0.262. The van der Waals surface area contributed by atoms with E-state index in [4.69, 9.17) is 21.8 Å². The van der Waals surface area contributed by atoms with E-state index >= 15 is 0 Å². The maximum Gasteiger partial charge on any atom is 0.134 e. The molecule has 3 aromatic rings. The minimum Gasteiger partial charge on any atom is -0.459 e. The Balaban J connectivity index is 2.15. The number of furan rings is 1. The number of aryl methyl sites for hydroxylation is 2. The Morgan fingerprint density at radius 3 is 2.60 bits per heavy atom. The molecule has 1 atom stereocenters. The van der Waals surface area contributed by atoms with Gasteiger partial charge in [0.1, 0.15) is 11.3 Å². The molecule has 0 bridgehead atoms. The Kier molecular flexibility index (Phi) is 3.28. The van der Waals surface area contributed by atoms with E-state index in [0.717, 1.165) is 33.4 Å². The summed E-state index contributed by atoms with van der Waals surface area (Å²) in [7, 11) is 0. The number of rotatable bonds is 2. The molecule has 3 rings (SSSR count). The van der Waals surface area contributed by atoms with E-state index < -0.39 is 0 Å². The van der Waals surface area contributed by atoms with E-state index in [-0.39, 0.29) is 6.04 Å². The summed E-state index contributed by atoms with van der Waals surface area (Å²) in [5.74, 6) is 0.802. The van der Waals surface area contributed by atoms with Gasteiger partial charge in [0.15, 0.2) is 0 Å². The molecular weight excluding hydrogens is 270 g/mol. The molecule has 0 spiro atoms. The Morgan fingerprint density at radius 2 is 1.85 bits per heavy atom. The summed E-state index contributed by atoms with van der Waals surface area (Å²) in [6.45, 7) is 4.08. The van der Waals surface area contributed by atoms with Gasteiger partial charge in [-0.05, 0) is 43.2 Å². The summed E-state index contributed by atoms with van der Waals surface area (Å²) in [5.41, 5.74) is 10.5. The fourth-order valence-corrected chi connectivity index (χ4v) is 2.76. The highest BCUT2D eigenvalue weighted by atomic mass is 35.5. The van der Waals surface area contributed by atoms with E-state index in [1.54, 1.807) is 0 Å². The van der Waals surface area contributed by atoms with Crippen molar-refractivity contribution in [1.82, 2.24) is 0 Å². The number of fused-ring (bicyclic) bond motifs is 1. The van der Waals surface area contributed by atoms with E-state index in [1.165, 1.54) is 0 Å². The third-order valence-electron chi connectivity index (χ3n) is 3.74. The van der Waals surface area contributed by atoms with Crippen LogP contribution in [-0.2, 0) is 0 Å². The summed E-state index contributed by atoms with van der Waals surface area (Å²) < 4.78 is 5.94. The van der Waals surface area contributed by atoms with E-state index in [2.05, 4.69) is 13.0 Å². The molecule has 1 aromatic heterocycles. The molecule has 0 fully saturated rings. The third kappa shape index (κ3) is 2.11. The van der Waals surface area contributed by atoms with Crippen LogP contribution >= 0.6 is 11.6 Å². The topological polar surface area (TPSA) is 39.2 Å². The standard InChI is InChI=1S/C17H16ClNO/c1-10-5-3-4-6-13(10)16(19)17-11(2)14-9-12(18)7-8-15(14)20-17/h3-9,16H,19H2,1-2H3. The second-order valence-electron chi connectivity index (χ2n) is 5.07. The van der Waals surface area contributed by atoms with Gasteiger partial charge in [0.25, 0.3) is 0 Å². The Bertz CT molecular complexity index is 776. The SMILES string of the molecule is Cc1ccccc1C(N)c1oc2ccc(Cl)cc2c1C. The first-order valence-corrected chi connectivity index (χ1v) is 6.95. The fraction of sp³-hybridized carbons (Fsp3) is 0.176. The molecule has 3 heteroatoms. The van der Waals surface area contributed by atoms with Crippen LogP contribution in [0.25, 0.3) is 11.0 Å². The molecule has 0 aliphatic heterocycles. The second kappa shape index (κ2) is 4.97. The molecule has 0 radical (unpaired) electrons. The number of hydrogen-bond donors (Lipinski definition) is 1. The van der Waals surface area contributed by atoms with Gasteiger partial charge in [-0.25, -0.2) is 0 Å². The smallest absolute Gasteiger partial charge is 0.134 e. The van der Waals surface area contributed by atoms with Crippen molar-refractivity contribution in [3.8, 4) is 0 Å². The maximum atomic E-state index is 6.39. The molecule has 20 heavy (non-hydrogen) atoms. The van der Waals surface area contributed by atoms with Crippen molar-refractivity contribution in [2.45, 2.75) is 19.9 Å². The number of hydrogen-bond acceptors (Lipinski definition) is 2. The molecule has 0 aliphatic carbocycles. The normalized spacial score (nSPS) is 12.8. The van der Waals surface area contributed by atoms with Crippen LogP contribution in [0.2, 0.25) is 5.02 Å². The summed E-state index contributed by atoms with van der Waals surface area (Å²) >= 11 is 6.05. The Hall–Kier alpha value is -1.77. The highest BCUT2D eigenvalue weighted by Crippen LogP contribution is 2.33. The zero-order valence-corrected chi connectivity index (χ0v) is 12.2. The molecule has 0 aliphatic rings. The minimum atomic E-state index is -0.262. The lowest BCUT2D eigenvalue weighted by atomic mass is 9.98. The molecule has 0 saturated heterocycles. The summed E-state index contributed by atoms with van der Waals surface area (Å²) in [6, 6.07) is 13.5. The molecule has 1 unspecified atom stereocenters. The first-order chi connectivity index (χ1) is 9.58. The number of halogens is 1. The van der Waals surface area contributed by atoms with Crippen molar-refractivity contribution in [3.63, 3.8) is 0 Å². The van der Waals surface area contributed by atoms with Crippen LogP contribution in [0.4, 0.5) is 0 Å². The molecule has 2 nitrogen and oxygen atoms in total. The van der Waals surface area contributed by atoms with Crippen molar-refractivity contribution in [2.75, 3.05) is 0 Å². The van der Waals surface area contributed by atoms with Crippen molar-refractivity contribution >= 4 is 22.6 Å². The van der Waals surface area contributed by atoms with E-state index in [1.807, 2.05) is 43.3 Å². The molecule has 0 saturated carbocycles. The first-order valence-electron chi connectivity index (χ1n) is 6.57. The van der Waals surface area contributed by atoms with Crippen molar-refractivity contribution in [1.29, 1.82) is 0 Å². The van der Waals surface area contributed by atoms with Crippen molar-refractivity contribution in [3.05, 3.63) is 69.9 Å². The van der Waals surface area contributed by atoms with Gasteiger partial charge in [-0.2, -0.15) is 0 Å².